The normalized spacial score (nSPS) is 20.3. The summed E-state index contributed by atoms with van der Waals surface area (Å²) in [6.07, 6.45) is 0.410. The largest absolute Gasteiger partial charge is 0.508 e. The summed E-state index contributed by atoms with van der Waals surface area (Å²) in [5.41, 5.74) is 6.06. The fourth-order valence-corrected chi connectivity index (χ4v) is 7.97. The number of phenols is 7. The van der Waals surface area contributed by atoms with Gasteiger partial charge in [0.2, 0.25) is 0 Å². The molecule has 7 N–H and O–H groups in total. The molecule has 3 aliphatic rings. The summed E-state index contributed by atoms with van der Waals surface area (Å²) >= 11 is 0. The van der Waals surface area contributed by atoms with Gasteiger partial charge in [-0.3, -0.25) is 0 Å². The minimum absolute atomic E-state index is 0.0508. The van der Waals surface area contributed by atoms with Crippen LogP contribution in [0.2, 0.25) is 0 Å². The van der Waals surface area contributed by atoms with Crippen LogP contribution < -0.4 is 9.47 Å². The summed E-state index contributed by atoms with van der Waals surface area (Å²) in [5, 5.41) is 75.9. The van der Waals surface area contributed by atoms with Crippen LogP contribution in [-0.4, -0.2) is 35.7 Å². The zero-order valence-corrected chi connectivity index (χ0v) is 26.7. The Bertz CT molecular complexity index is 2400. The monoisotopic (exact) mass is 678 g/mol. The molecule has 252 valence electrons. The highest BCUT2D eigenvalue weighted by atomic mass is 16.5. The number of aromatic hydroxyl groups is 7. The lowest BCUT2D eigenvalue weighted by Gasteiger charge is -2.26. The highest BCUT2D eigenvalue weighted by Crippen LogP contribution is 2.63. The predicted molar refractivity (Wildman–Crippen MR) is 188 cm³/mol. The summed E-state index contributed by atoms with van der Waals surface area (Å²) in [4.78, 5) is 0. The van der Waals surface area contributed by atoms with Gasteiger partial charge in [0.25, 0.3) is 0 Å². The third kappa shape index (κ3) is 4.85. The van der Waals surface area contributed by atoms with Gasteiger partial charge in [0.05, 0.1) is 11.8 Å². The molecule has 0 saturated carbocycles. The van der Waals surface area contributed by atoms with E-state index in [0.29, 0.717) is 61.6 Å². The van der Waals surface area contributed by atoms with E-state index in [2.05, 4.69) is 0 Å². The summed E-state index contributed by atoms with van der Waals surface area (Å²) in [6.45, 7) is 0. The number of hydrogen-bond donors (Lipinski definition) is 7. The maximum Gasteiger partial charge on any atom is 0.135 e. The summed E-state index contributed by atoms with van der Waals surface area (Å²) < 4.78 is 13.4. The molecular weight excluding hydrogens is 648 g/mol. The maximum atomic E-state index is 11.9. The lowest BCUT2D eigenvalue weighted by atomic mass is 9.76. The fraction of sp³-hybridized carbons (Fsp3) is 0.0952. The molecule has 0 saturated heterocycles. The zero-order chi connectivity index (χ0) is 35.1. The van der Waals surface area contributed by atoms with Crippen LogP contribution in [0, 0.1) is 0 Å². The van der Waals surface area contributed by atoms with E-state index in [0.717, 1.165) is 5.56 Å². The van der Waals surface area contributed by atoms with Gasteiger partial charge in [-0.05, 0) is 99.6 Å². The molecular formula is C42H30O9. The van der Waals surface area contributed by atoms with Gasteiger partial charge in [-0.25, -0.2) is 0 Å². The first-order valence-corrected chi connectivity index (χ1v) is 16.3. The molecule has 1 aliphatic carbocycles. The van der Waals surface area contributed by atoms with Crippen LogP contribution in [0.3, 0.4) is 0 Å². The number of benzene rings is 6. The molecule has 2 heterocycles. The lowest BCUT2D eigenvalue weighted by Crippen LogP contribution is -2.16. The second-order valence-electron chi connectivity index (χ2n) is 13.1. The highest BCUT2D eigenvalue weighted by molar-refractivity contribution is 5.98. The van der Waals surface area contributed by atoms with Crippen molar-refractivity contribution in [1.29, 1.82) is 0 Å². The van der Waals surface area contributed by atoms with Crippen molar-refractivity contribution < 1.29 is 45.2 Å². The number of ether oxygens (including phenoxy) is 2. The van der Waals surface area contributed by atoms with Crippen molar-refractivity contribution in [2.75, 3.05) is 0 Å². The zero-order valence-electron chi connectivity index (χ0n) is 26.7. The molecule has 0 spiro atoms. The molecule has 1 unspecified atom stereocenters. The Morgan fingerprint density at radius 1 is 0.451 bits per heavy atom. The Hall–Kier alpha value is -6.74. The van der Waals surface area contributed by atoms with Crippen LogP contribution in [0.15, 0.2) is 109 Å². The van der Waals surface area contributed by atoms with Crippen molar-refractivity contribution in [3.8, 4) is 51.7 Å². The predicted octanol–water partition coefficient (Wildman–Crippen LogP) is 8.06. The SMILES string of the molecule is Oc1ccc(C=C2c3cc(O)cc4c3[C@@H](c3cc(O)cc5c3C(c3cc(O)cc(O)c32)[C@@H](c2ccc(O)cc2)O5)[C@H](c2ccc(O)cc2)O4)cc1. The number of rotatable bonds is 3. The van der Waals surface area contributed by atoms with Crippen LogP contribution in [-0.2, 0) is 0 Å². The molecule has 9 rings (SSSR count). The van der Waals surface area contributed by atoms with E-state index in [1.165, 1.54) is 12.1 Å². The van der Waals surface area contributed by atoms with Crippen molar-refractivity contribution in [3.63, 3.8) is 0 Å². The van der Waals surface area contributed by atoms with Gasteiger partial charge >= 0.3 is 0 Å². The van der Waals surface area contributed by atoms with E-state index in [1.807, 2.05) is 6.08 Å². The van der Waals surface area contributed by atoms with E-state index >= 15 is 0 Å². The smallest absolute Gasteiger partial charge is 0.135 e. The molecule has 0 radical (unpaired) electrons. The van der Waals surface area contributed by atoms with Gasteiger partial charge in [0, 0.05) is 34.9 Å². The summed E-state index contributed by atoms with van der Waals surface area (Å²) in [7, 11) is 0. The Kier molecular flexibility index (Phi) is 6.63. The summed E-state index contributed by atoms with van der Waals surface area (Å²) in [5.74, 6) is -0.833. The van der Waals surface area contributed by atoms with Crippen LogP contribution in [0.4, 0.5) is 0 Å². The van der Waals surface area contributed by atoms with E-state index in [9.17, 15) is 35.7 Å². The molecule has 6 aromatic rings. The van der Waals surface area contributed by atoms with Gasteiger partial charge < -0.3 is 45.2 Å². The number of fused-ring (bicyclic) bond motifs is 3. The van der Waals surface area contributed by atoms with E-state index in [1.54, 1.807) is 97.1 Å². The highest BCUT2D eigenvalue weighted by Gasteiger charge is 2.48. The third-order valence-electron chi connectivity index (χ3n) is 10.0. The molecule has 0 fully saturated rings. The topological polar surface area (TPSA) is 160 Å². The minimum Gasteiger partial charge on any atom is -0.508 e. The van der Waals surface area contributed by atoms with Crippen molar-refractivity contribution in [3.05, 3.63) is 159 Å². The Labute approximate surface area is 291 Å². The Balaban J connectivity index is 1.44. The van der Waals surface area contributed by atoms with E-state index in [4.69, 9.17) is 9.47 Å². The molecule has 0 aromatic heterocycles. The van der Waals surface area contributed by atoms with Gasteiger partial charge in [0.15, 0.2) is 0 Å². The number of phenolic OH excluding ortho intramolecular Hbond substituents is 7. The average molecular weight is 679 g/mol. The van der Waals surface area contributed by atoms with Crippen molar-refractivity contribution in [2.24, 2.45) is 0 Å². The Morgan fingerprint density at radius 3 is 1.51 bits per heavy atom. The van der Waals surface area contributed by atoms with E-state index in [-0.39, 0.29) is 40.2 Å². The standard InChI is InChI=1S/C42H30O9/c43-23-7-1-20(2-8-23)13-29-30-14-27(47)18-34-37(30)40(42(50-34)22-5-11-25(45)12-6-22)32-16-28(48)19-35-38(32)39(31-15-26(46)17-33(49)36(29)31)41(51-35)21-3-9-24(44)10-4-21/h1-19,39-49H/t39?,40-,41-,42+/m1/s1. The van der Waals surface area contributed by atoms with Crippen molar-refractivity contribution in [1.82, 2.24) is 0 Å². The second kappa shape index (κ2) is 11.1. The first-order valence-electron chi connectivity index (χ1n) is 16.3. The molecule has 0 amide bonds. The van der Waals surface area contributed by atoms with Gasteiger partial charge in [0.1, 0.15) is 64.0 Å². The van der Waals surface area contributed by atoms with E-state index < -0.39 is 24.0 Å². The lowest BCUT2D eigenvalue weighted by molar-refractivity contribution is 0.219. The molecule has 4 atom stereocenters. The third-order valence-corrected chi connectivity index (χ3v) is 10.0. The van der Waals surface area contributed by atoms with Crippen LogP contribution in [0.5, 0.6) is 51.7 Å². The van der Waals surface area contributed by atoms with Crippen molar-refractivity contribution in [2.45, 2.75) is 24.0 Å². The van der Waals surface area contributed by atoms with Crippen LogP contribution in [0.25, 0.3) is 11.6 Å². The first-order chi connectivity index (χ1) is 24.6. The quantitative estimate of drug-likeness (QED) is 0.0982. The van der Waals surface area contributed by atoms with Gasteiger partial charge in [-0.1, -0.05) is 36.4 Å². The number of hydrogen-bond acceptors (Lipinski definition) is 9. The fourth-order valence-electron chi connectivity index (χ4n) is 7.97. The van der Waals surface area contributed by atoms with Crippen molar-refractivity contribution >= 4 is 11.6 Å². The molecule has 0 bridgehead atoms. The van der Waals surface area contributed by atoms with Gasteiger partial charge in [-0.15, -0.1) is 0 Å². The molecule has 51 heavy (non-hydrogen) atoms. The molecule has 9 nitrogen and oxygen atoms in total. The average Bonchev–Trinajstić information content (AvgIpc) is 3.67. The molecule has 9 heteroatoms. The molecule has 6 aromatic carbocycles. The first kappa shape index (κ1) is 30.3. The molecule has 2 aliphatic heterocycles. The summed E-state index contributed by atoms with van der Waals surface area (Å²) in [6, 6.07) is 29.1. The maximum absolute atomic E-state index is 11.9. The van der Waals surface area contributed by atoms with Crippen LogP contribution in [0.1, 0.15) is 74.1 Å². The minimum atomic E-state index is -0.737. The van der Waals surface area contributed by atoms with Crippen LogP contribution >= 0.6 is 0 Å². The van der Waals surface area contributed by atoms with Gasteiger partial charge in [-0.2, -0.15) is 0 Å². The Morgan fingerprint density at radius 2 is 0.922 bits per heavy atom. The second-order valence-corrected chi connectivity index (χ2v) is 13.1.